The molecule has 1 aromatic rings. The molecule has 0 saturated heterocycles. The zero-order chi connectivity index (χ0) is 11.3. The Morgan fingerprint density at radius 1 is 1.27 bits per heavy atom. The van der Waals surface area contributed by atoms with Gasteiger partial charge in [-0.2, -0.15) is 0 Å². The Bertz CT molecular complexity index is 401. The summed E-state index contributed by atoms with van der Waals surface area (Å²) in [5.74, 6) is -0.146. The van der Waals surface area contributed by atoms with Gasteiger partial charge in [0.05, 0.1) is 0 Å². The summed E-state index contributed by atoms with van der Waals surface area (Å²) in [4.78, 5) is 0. The molecule has 1 aromatic carbocycles. The minimum atomic E-state index is -0.0793. The van der Waals surface area contributed by atoms with Crippen molar-refractivity contribution in [1.29, 1.82) is 0 Å². The molecule has 0 heterocycles. The van der Waals surface area contributed by atoms with Crippen LogP contribution in [0.25, 0.3) is 0 Å². The third kappa shape index (κ3) is 1.30. The van der Waals surface area contributed by atoms with E-state index < -0.39 is 0 Å². The van der Waals surface area contributed by atoms with Gasteiger partial charge >= 0.3 is 0 Å². The number of phenols is 2. The number of phenolic OH excluding ortho intramolecular Hbond substituents is 2. The Morgan fingerprint density at radius 3 is 2.27 bits per heavy atom. The standard InChI is InChI=1S/C12H17NO2/c1-11(2)6-12(11,7-13)8-3-4-9(14)10(15)5-8/h3-5,14-15H,6-7,13H2,1-2H3. The maximum Gasteiger partial charge on any atom is 0.157 e. The third-order valence-electron chi connectivity index (χ3n) is 3.79. The predicted octanol–water partition coefficient (Wildman–Crippen LogP) is 1.72. The van der Waals surface area contributed by atoms with Crippen LogP contribution in [0.5, 0.6) is 11.5 Å². The second kappa shape index (κ2) is 2.89. The second-order valence-corrected chi connectivity index (χ2v) is 5.05. The van der Waals surface area contributed by atoms with Crippen molar-refractivity contribution in [3.8, 4) is 11.5 Å². The average Bonchev–Trinajstić information content (AvgIpc) is 2.75. The molecule has 82 valence electrons. The van der Waals surface area contributed by atoms with Crippen LogP contribution in [-0.2, 0) is 5.41 Å². The molecule has 3 heteroatoms. The maximum absolute atomic E-state index is 9.47. The maximum atomic E-state index is 9.47. The third-order valence-corrected chi connectivity index (χ3v) is 3.79. The molecule has 3 nitrogen and oxygen atoms in total. The van der Waals surface area contributed by atoms with Crippen LogP contribution in [0.15, 0.2) is 18.2 Å². The first-order valence-electron chi connectivity index (χ1n) is 5.15. The molecular formula is C12H17NO2. The monoisotopic (exact) mass is 207 g/mol. The van der Waals surface area contributed by atoms with E-state index in [1.54, 1.807) is 6.07 Å². The van der Waals surface area contributed by atoms with Crippen molar-refractivity contribution in [2.24, 2.45) is 11.1 Å². The van der Waals surface area contributed by atoms with Crippen LogP contribution in [0.4, 0.5) is 0 Å². The van der Waals surface area contributed by atoms with Crippen LogP contribution in [-0.4, -0.2) is 16.8 Å². The van der Waals surface area contributed by atoms with Crippen LogP contribution in [0, 0.1) is 5.41 Å². The van der Waals surface area contributed by atoms with Crippen LogP contribution in [0.1, 0.15) is 25.8 Å². The first-order chi connectivity index (χ1) is 6.93. The van der Waals surface area contributed by atoms with Gasteiger partial charge in [0.2, 0.25) is 0 Å². The highest BCUT2D eigenvalue weighted by Crippen LogP contribution is 2.64. The Balaban J connectivity index is 2.42. The fourth-order valence-corrected chi connectivity index (χ4v) is 2.49. The van der Waals surface area contributed by atoms with E-state index in [4.69, 9.17) is 5.73 Å². The SMILES string of the molecule is CC1(C)CC1(CN)c1ccc(O)c(O)c1. The van der Waals surface area contributed by atoms with E-state index >= 15 is 0 Å². The molecule has 0 spiro atoms. The molecule has 4 N–H and O–H groups in total. The van der Waals surface area contributed by atoms with Gasteiger partial charge in [-0.3, -0.25) is 0 Å². The summed E-state index contributed by atoms with van der Waals surface area (Å²) in [6, 6.07) is 4.99. The molecule has 1 fully saturated rings. The Morgan fingerprint density at radius 2 is 1.87 bits per heavy atom. The van der Waals surface area contributed by atoms with Crippen molar-refractivity contribution in [2.75, 3.05) is 6.54 Å². The van der Waals surface area contributed by atoms with Gasteiger partial charge in [-0.15, -0.1) is 0 Å². The summed E-state index contributed by atoms with van der Waals surface area (Å²) < 4.78 is 0. The zero-order valence-corrected chi connectivity index (χ0v) is 9.12. The van der Waals surface area contributed by atoms with E-state index in [1.165, 1.54) is 6.07 Å². The highest BCUT2D eigenvalue weighted by atomic mass is 16.3. The summed E-state index contributed by atoms with van der Waals surface area (Å²) >= 11 is 0. The molecule has 1 saturated carbocycles. The molecule has 0 radical (unpaired) electrons. The quantitative estimate of drug-likeness (QED) is 0.647. The Hall–Kier alpha value is -1.22. The van der Waals surface area contributed by atoms with E-state index in [-0.39, 0.29) is 22.3 Å². The fourth-order valence-electron chi connectivity index (χ4n) is 2.49. The molecule has 2 rings (SSSR count). The van der Waals surface area contributed by atoms with Gasteiger partial charge < -0.3 is 15.9 Å². The van der Waals surface area contributed by atoms with Crippen LogP contribution in [0.2, 0.25) is 0 Å². The van der Waals surface area contributed by atoms with Crippen molar-refractivity contribution < 1.29 is 10.2 Å². The summed E-state index contributed by atoms with van der Waals surface area (Å²) in [5, 5.41) is 18.7. The minimum Gasteiger partial charge on any atom is -0.504 e. The summed E-state index contributed by atoms with van der Waals surface area (Å²) in [6.07, 6.45) is 1.03. The fraction of sp³-hybridized carbons (Fsp3) is 0.500. The predicted molar refractivity (Wildman–Crippen MR) is 58.9 cm³/mol. The van der Waals surface area contributed by atoms with E-state index in [0.717, 1.165) is 12.0 Å². The van der Waals surface area contributed by atoms with Crippen molar-refractivity contribution in [2.45, 2.75) is 25.7 Å². The van der Waals surface area contributed by atoms with E-state index in [1.807, 2.05) is 6.07 Å². The molecule has 0 aliphatic heterocycles. The van der Waals surface area contributed by atoms with E-state index in [2.05, 4.69) is 13.8 Å². The molecule has 0 aromatic heterocycles. The lowest BCUT2D eigenvalue weighted by Crippen LogP contribution is -2.25. The van der Waals surface area contributed by atoms with Gasteiger partial charge in [-0.05, 0) is 29.5 Å². The highest BCUT2D eigenvalue weighted by molar-refractivity contribution is 5.47. The summed E-state index contributed by atoms with van der Waals surface area (Å²) in [5.41, 5.74) is 7.00. The van der Waals surface area contributed by atoms with Gasteiger partial charge in [-0.1, -0.05) is 19.9 Å². The molecule has 1 atom stereocenters. The molecule has 1 aliphatic carbocycles. The number of hydrogen-bond acceptors (Lipinski definition) is 3. The lowest BCUT2D eigenvalue weighted by Gasteiger charge is -2.19. The van der Waals surface area contributed by atoms with Crippen LogP contribution < -0.4 is 5.73 Å². The Kier molecular flexibility index (Phi) is 1.98. The van der Waals surface area contributed by atoms with Gasteiger partial charge in [0.25, 0.3) is 0 Å². The highest BCUT2D eigenvalue weighted by Gasteiger charge is 2.60. The molecular weight excluding hydrogens is 190 g/mol. The smallest absolute Gasteiger partial charge is 0.157 e. The second-order valence-electron chi connectivity index (χ2n) is 5.05. The van der Waals surface area contributed by atoms with Crippen LogP contribution >= 0.6 is 0 Å². The van der Waals surface area contributed by atoms with Crippen LogP contribution in [0.3, 0.4) is 0 Å². The van der Waals surface area contributed by atoms with Gasteiger partial charge in [0.1, 0.15) is 0 Å². The first kappa shape index (κ1) is 10.3. The van der Waals surface area contributed by atoms with Gasteiger partial charge in [-0.25, -0.2) is 0 Å². The van der Waals surface area contributed by atoms with Gasteiger partial charge in [0, 0.05) is 12.0 Å². The zero-order valence-electron chi connectivity index (χ0n) is 9.12. The van der Waals surface area contributed by atoms with Crippen molar-refractivity contribution in [3.05, 3.63) is 23.8 Å². The largest absolute Gasteiger partial charge is 0.504 e. The van der Waals surface area contributed by atoms with Crippen molar-refractivity contribution in [3.63, 3.8) is 0 Å². The number of aromatic hydroxyl groups is 2. The topological polar surface area (TPSA) is 66.5 Å². The molecule has 1 aliphatic rings. The average molecular weight is 207 g/mol. The summed E-state index contributed by atoms with van der Waals surface area (Å²) in [6.45, 7) is 4.91. The minimum absolute atomic E-state index is 0.0296. The van der Waals surface area contributed by atoms with Crippen molar-refractivity contribution >= 4 is 0 Å². The normalized spacial score (nSPS) is 27.7. The number of benzene rings is 1. The number of hydrogen-bond donors (Lipinski definition) is 3. The number of rotatable bonds is 2. The van der Waals surface area contributed by atoms with E-state index in [9.17, 15) is 10.2 Å². The molecule has 15 heavy (non-hydrogen) atoms. The number of nitrogens with two attached hydrogens (primary N) is 1. The summed E-state index contributed by atoms with van der Waals surface area (Å²) in [7, 11) is 0. The molecule has 0 bridgehead atoms. The Labute approximate surface area is 89.5 Å². The van der Waals surface area contributed by atoms with Crippen molar-refractivity contribution in [1.82, 2.24) is 0 Å². The lowest BCUT2D eigenvalue weighted by molar-refractivity contribution is 0.401. The first-order valence-corrected chi connectivity index (χ1v) is 5.15. The molecule has 1 unspecified atom stereocenters. The van der Waals surface area contributed by atoms with E-state index in [0.29, 0.717) is 6.54 Å². The molecule has 0 amide bonds. The lowest BCUT2D eigenvalue weighted by atomic mass is 9.88. The van der Waals surface area contributed by atoms with Gasteiger partial charge in [0.15, 0.2) is 11.5 Å².